The van der Waals surface area contributed by atoms with Crippen LogP contribution in [0.15, 0.2) is 4.99 Å². The first kappa shape index (κ1) is 8.85. The highest BCUT2D eigenvalue weighted by molar-refractivity contribution is 5.80. The minimum atomic E-state index is 0.531. The summed E-state index contributed by atoms with van der Waals surface area (Å²) in [6.45, 7) is 3.11. The van der Waals surface area contributed by atoms with Crippen molar-refractivity contribution < 1.29 is 0 Å². The van der Waals surface area contributed by atoms with Crippen molar-refractivity contribution in [2.24, 2.45) is 10.7 Å². The third-order valence-electron chi connectivity index (χ3n) is 3.23. The van der Waals surface area contributed by atoms with Crippen LogP contribution >= 0.6 is 0 Å². The Morgan fingerprint density at radius 3 is 2.54 bits per heavy atom. The van der Waals surface area contributed by atoms with Crippen LogP contribution < -0.4 is 5.73 Å². The monoisotopic (exact) mass is 181 g/mol. The number of rotatable bonds is 1. The normalized spacial score (nSPS) is 30.7. The standard InChI is InChI=1S/C10H19N3/c1-8-7-12-10(11)13(8)9-5-3-2-4-6-9/h8-9H,2-7H2,1H3,(H2,11,12). The predicted molar refractivity (Wildman–Crippen MR) is 54.7 cm³/mol. The average Bonchev–Trinajstić information content (AvgIpc) is 2.48. The van der Waals surface area contributed by atoms with Gasteiger partial charge in [-0.15, -0.1) is 0 Å². The van der Waals surface area contributed by atoms with Gasteiger partial charge >= 0.3 is 0 Å². The molecule has 1 aliphatic carbocycles. The van der Waals surface area contributed by atoms with Crippen molar-refractivity contribution in [2.45, 2.75) is 51.1 Å². The van der Waals surface area contributed by atoms with Crippen molar-refractivity contribution in [3.8, 4) is 0 Å². The molecule has 1 unspecified atom stereocenters. The molecule has 0 radical (unpaired) electrons. The fraction of sp³-hybridized carbons (Fsp3) is 0.900. The van der Waals surface area contributed by atoms with E-state index >= 15 is 0 Å². The minimum Gasteiger partial charge on any atom is -0.370 e. The van der Waals surface area contributed by atoms with Crippen LogP contribution in [0.4, 0.5) is 0 Å². The molecule has 0 bridgehead atoms. The number of guanidine groups is 1. The van der Waals surface area contributed by atoms with Crippen LogP contribution in [0.5, 0.6) is 0 Å². The van der Waals surface area contributed by atoms with E-state index in [1.807, 2.05) is 0 Å². The van der Waals surface area contributed by atoms with Gasteiger partial charge in [0.25, 0.3) is 0 Å². The Morgan fingerprint density at radius 1 is 1.31 bits per heavy atom. The second-order valence-corrected chi connectivity index (χ2v) is 4.25. The number of nitrogens with zero attached hydrogens (tertiary/aromatic N) is 2. The predicted octanol–water partition coefficient (Wildman–Crippen LogP) is 1.34. The van der Waals surface area contributed by atoms with Gasteiger partial charge in [-0.1, -0.05) is 19.3 Å². The molecule has 3 nitrogen and oxygen atoms in total. The van der Waals surface area contributed by atoms with Gasteiger partial charge in [0, 0.05) is 12.1 Å². The largest absolute Gasteiger partial charge is 0.370 e. The summed E-state index contributed by atoms with van der Waals surface area (Å²) >= 11 is 0. The van der Waals surface area contributed by atoms with Crippen molar-refractivity contribution in [1.29, 1.82) is 0 Å². The number of aliphatic imine (C=N–C) groups is 1. The van der Waals surface area contributed by atoms with E-state index in [4.69, 9.17) is 5.73 Å². The van der Waals surface area contributed by atoms with E-state index in [1.54, 1.807) is 0 Å². The van der Waals surface area contributed by atoms with Gasteiger partial charge in [0.2, 0.25) is 0 Å². The molecular formula is C10H19N3. The summed E-state index contributed by atoms with van der Waals surface area (Å²) in [6.07, 6.45) is 6.74. The van der Waals surface area contributed by atoms with Crippen molar-refractivity contribution in [1.82, 2.24) is 4.90 Å². The van der Waals surface area contributed by atoms with E-state index in [0.717, 1.165) is 12.5 Å². The molecule has 3 heteroatoms. The lowest BCUT2D eigenvalue weighted by atomic mass is 9.94. The maximum atomic E-state index is 5.88. The topological polar surface area (TPSA) is 41.6 Å². The summed E-state index contributed by atoms with van der Waals surface area (Å²) in [5, 5.41) is 0. The number of nitrogens with two attached hydrogens (primary N) is 1. The molecule has 1 heterocycles. The fourth-order valence-corrected chi connectivity index (χ4v) is 2.53. The molecule has 74 valence electrons. The Balaban J connectivity index is 2.01. The molecule has 0 aromatic carbocycles. The molecule has 0 amide bonds. The van der Waals surface area contributed by atoms with Crippen LogP contribution in [-0.4, -0.2) is 29.5 Å². The summed E-state index contributed by atoms with van der Waals surface area (Å²) in [6, 6.07) is 1.21. The first-order chi connectivity index (χ1) is 6.29. The van der Waals surface area contributed by atoms with Crippen molar-refractivity contribution >= 4 is 5.96 Å². The van der Waals surface area contributed by atoms with Crippen LogP contribution in [0, 0.1) is 0 Å². The molecule has 0 aromatic rings. The molecule has 2 rings (SSSR count). The third-order valence-corrected chi connectivity index (χ3v) is 3.23. The zero-order valence-electron chi connectivity index (χ0n) is 8.37. The van der Waals surface area contributed by atoms with E-state index in [2.05, 4.69) is 16.8 Å². The number of hydrogen-bond acceptors (Lipinski definition) is 3. The van der Waals surface area contributed by atoms with E-state index in [0.29, 0.717) is 12.1 Å². The highest BCUT2D eigenvalue weighted by atomic mass is 15.3. The summed E-state index contributed by atoms with van der Waals surface area (Å²) in [5.41, 5.74) is 5.88. The van der Waals surface area contributed by atoms with Crippen LogP contribution in [0.25, 0.3) is 0 Å². The van der Waals surface area contributed by atoms with E-state index in [9.17, 15) is 0 Å². The second-order valence-electron chi connectivity index (χ2n) is 4.25. The molecular weight excluding hydrogens is 162 g/mol. The van der Waals surface area contributed by atoms with Gasteiger partial charge in [0.15, 0.2) is 5.96 Å². The Bertz CT molecular complexity index is 206. The molecule has 0 aromatic heterocycles. The Morgan fingerprint density at radius 2 is 2.00 bits per heavy atom. The van der Waals surface area contributed by atoms with Gasteiger partial charge in [-0.25, -0.2) is 0 Å². The average molecular weight is 181 g/mol. The lowest BCUT2D eigenvalue weighted by Gasteiger charge is -2.35. The Labute approximate surface area is 80.0 Å². The van der Waals surface area contributed by atoms with Crippen LogP contribution in [0.1, 0.15) is 39.0 Å². The quantitative estimate of drug-likeness (QED) is 0.663. The maximum absolute atomic E-state index is 5.88. The number of hydrogen-bond donors (Lipinski definition) is 1. The highest BCUT2D eigenvalue weighted by Crippen LogP contribution is 2.25. The minimum absolute atomic E-state index is 0.531. The third kappa shape index (κ3) is 1.64. The molecule has 1 aliphatic heterocycles. The van der Waals surface area contributed by atoms with E-state index < -0.39 is 0 Å². The first-order valence-electron chi connectivity index (χ1n) is 5.37. The van der Waals surface area contributed by atoms with Crippen LogP contribution in [0.3, 0.4) is 0 Å². The molecule has 1 atom stereocenters. The Kier molecular flexibility index (Phi) is 2.42. The lowest BCUT2D eigenvalue weighted by Crippen LogP contribution is -2.47. The molecule has 0 saturated heterocycles. The lowest BCUT2D eigenvalue weighted by molar-refractivity contribution is 0.215. The van der Waals surface area contributed by atoms with Gasteiger partial charge in [0.1, 0.15) is 0 Å². The van der Waals surface area contributed by atoms with E-state index in [-0.39, 0.29) is 0 Å². The first-order valence-corrected chi connectivity index (χ1v) is 5.37. The van der Waals surface area contributed by atoms with Crippen LogP contribution in [0.2, 0.25) is 0 Å². The van der Waals surface area contributed by atoms with Gasteiger partial charge < -0.3 is 10.6 Å². The van der Waals surface area contributed by atoms with Gasteiger partial charge in [-0.05, 0) is 19.8 Å². The zero-order chi connectivity index (χ0) is 9.26. The molecule has 0 spiro atoms. The summed E-state index contributed by atoms with van der Waals surface area (Å²) < 4.78 is 0. The second kappa shape index (κ2) is 3.56. The molecule has 13 heavy (non-hydrogen) atoms. The summed E-state index contributed by atoms with van der Waals surface area (Å²) in [4.78, 5) is 6.63. The molecule has 1 saturated carbocycles. The highest BCUT2D eigenvalue weighted by Gasteiger charge is 2.29. The summed E-state index contributed by atoms with van der Waals surface area (Å²) in [7, 11) is 0. The van der Waals surface area contributed by atoms with Crippen LogP contribution in [-0.2, 0) is 0 Å². The SMILES string of the molecule is CC1CN=C(N)N1C1CCCCC1. The molecule has 2 N–H and O–H groups in total. The zero-order valence-corrected chi connectivity index (χ0v) is 8.37. The maximum Gasteiger partial charge on any atom is 0.191 e. The van der Waals surface area contributed by atoms with Crippen molar-refractivity contribution in [3.63, 3.8) is 0 Å². The summed E-state index contributed by atoms with van der Waals surface area (Å²) in [5.74, 6) is 0.777. The van der Waals surface area contributed by atoms with Crippen molar-refractivity contribution in [2.75, 3.05) is 6.54 Å². The van der Waals surface area contributed by atoms with E-state index in [1.165, 1.54) is 32.1 Å². The van der Waals surface area contributed by atoms with Crippen molar-refractivity contribution in [3.05, 3.63) is 0 Å². The fourth-order valence-electron chi connectivity index (χ4n) is 2.53. The van der Waals surface area contributed by atoms with Gasteiger partial charge in [-0.3, -0.25) is 4.99 Å². The molecule has 2 aliphatic rings. The van der Waals surface area contributed by atoms with Gasteiger partial charge in [0.05, 0.1) is 6.54 Å². The Hall–Kier alpha value is -0.730. The van der Waals surface area contributed by atoms with Gasteiger partial charge in [-0.2, -0.15) is 0 Å². The molecule has 1 fully saturated rings. The smallest absolute Gasteiger partial charge is 0.191 e.